The molecule has 0 aliphatic carbocycles. The highest BCUT2D eigenvalue weighted by Crippen LogP contribution is 2.33. The topological polar surface area (TPSA) is 80.8 Å². The summed E-state index contributed by atoms with van der Waals surface area (Å²) < 4.78 is 46.2. The van der Waals surface area contributed by atoms with Gasteiger partial charge in [-0.2, -0.15) is 0 Å². The number of halogens is 5. The summed E-state index contributed by atoms with van der Waals surface area (Å²) in [6.45, 7) is 2.79. The zero-order valence-corrected chi connectivity index (χ0v) is 16.0. The Bertz CT molecular complexity index is 765. The number of nitrogens with one attached hydrogen (secondary N) is 1. The molecule has 1 saturated heterocycles. The Kier molecular flexibility index (Phi) is 8.55. The monoisotopic (exact) mass is 443 g/mol. The van der Waals surface area contributed by atoms with E-state index in [2.05, 4.69) is 15.0 Å². The lowest BCUT2D eigenvalue weighted by molar-refractivity contribution is -0.402. The molecule has 1 aliphatic heterocycles. The Balaban J connectivity index is 0.00000196. The average molecular weight is 444 g/mol. The second-order valence-electron chi connectivity index (χ2n) is 5.74. The lowest BCUT2D eigenvalue weighted by Gasteiger charge is -2.34. The SMILES string of the molecule is Cl.Cl.O=[N+]([O-])c1ccc([C@H](c2ccc(OC(F)(F)F)cc2)N2CCNCC2)o1. The van der Waals surface area contributed by atoms with Crippen LogP contribution in [0.3, 0.4) is 0 Å². The maximum absolute atomic E-state index is 12.3. The van der Waals surface area contributed by atoms with Gasteiger partial charge in [0.25, 0.3) is 0 Å². The van der Waals surface area contributed by atoms with Crippen molar-refractivity contribution < 1.29 is 27.2 Å². The van der Waals surface area contributed by atoms with Gasteiger partial charge in [-0.25, -0.2) is 0 Å². The van der Waals surface area contributed by atoms with Crippen LogP contribution in [-0.2, 0) is 0 Å². The van der Waals surface area contributed by atoms with Gasteiger partial charge < -0.3 is 14.5 Å². The number of benzene rings is 1. The standard InChI is InChI=1S/C16H16F3N3O4.2ClH/c17-16(18,19)26-12-3-1-11(2-4-12)15(21-9-7-20-8-10-21)13-5-6-14(25-13)22(23)24;;/h1-6,15,20H,7-10H2;2*1H/t15-;;/m0../s1. The van der Waals surface area contributed by atoms with Gasteiger partial charge >= 0.3 is 12.2 Å². The van der Waals surface area contributed by atoms with Crippen LogP contribution in [0.4, 0.5) is 19.1 Å². The molecule has 0 bridgehead atoms. The van der Waals surface area contributed by atoms with E-state index in [4.69, 9.17) is 4.42 Å². The molecule has 1 aromatic heterocycles. The first-order chi connectivity index (χ1) is 12.3. The number of alkyl halides is 3. The summed E-state index contributed by atoms with van der Waals surface area (Å²) in [7, 11) is 0. The number of furan rings is 1. The summed E-state index contributed by atoms with van der Waals surface area (Å²) in [4.78, 5) is 12.3. The van der Waals surface area contributed by atoms with Crippen molar-refractivity contribution in [3.8, 4) is 5.75 Å². The van der Waals surface area contributed by atoms with Gasteiger partial charge in [-0.05, 0) is 23.8 Å². The third-order valence-corrected chi connectivity index (χ3v) is 4.01. The molecular formula is C16H18Cl2F3N3O4. The molecule has 0 radical (unpaired) electrons. The van der Waals surface area contributed by atoms with Crippen LogP contribution in [0, 0.1) is 10.1 Å². The Morgan fingerprint density at radius 3 is 2.21 bits per heavy atom. The molecule has 1 aliphatic rings. The van der Waals surface area contributed by atoms with Crippen molar-refractivity contribution in [2.45, 2.75) is 12.4 Å². The van der Waals surface area contributed by atoms with E-state index in [9.17, 15) is 23.3 Å². The van der Waals surface area contributed by atoms with E-state index in [0.717, 1.165) is 13.1 Å². The minimum Gasteiger partial charge on any atom is -0.406 e. The van der Waals surface area contributed by atoms with Crippen molar-refractivity contribution in [1.29, 1.82) is 0 Å². The highest BCUT2D eigenvalue weighted by molar-refractivity contribution is 5.85. The normalized spacial score (nSPS) is 15.8. The summed E-state index contributed by atoms with van der Waals surface area (Å²) in [6, 6.07) is 7.79. The number of nitro groups is 1. The van der Waals surface area contributed by atoms with E-state index in [0.29, 0.717) is 24.4 Å². The quantitative estimate of drug-likeness (QED) is 0.556. The van der Waals surface area contributed by atoms with E-state index in [1.54, 1.807) is 0 Å². The molecule has 1 aromatic carbocycles. The fourth-order valence-electron chi connectivity index (χ4n) is 2.93. The summed E-state index contributed by atoms with van der Waals surface area (Å²) in [5, 5.41) is 14.1. The molecule has 12 heteroatoms. The van der Waals surface area contributed by atoms with Gasteiger partial charge in [0.1, 0.15) is 16.4 Å². The second-order valence-corrected chi connectivity index (χ2v) is 5.74. The predicted molar refractivity (Wildman–Crippen MR) is 99.3 cm³/mol. The van der Waals surface area contributed by atoms with Crippen LogP contribution in [0.2, 0.25) is 0 Å². The molecular weight excluding hydrogens is 426 g/mol. The van der Waals surface area contributed by atoms with Gasteiger partial charge in [-0.15, -0.1) is 38.0 Å². The first-order valence-corrected chi connectivity index (χ1v) is 7.88. The van der Waals surface area contributed by atoms with Crippen molar-refractivity contribution in [2.24, 2.45) is 0 Å². The van der Waals surface area contributed by atoms with E-state index in [1.165, 1.54) is 36.4 Å². The maximum atomic E-state index is 12.3. The van der Waals surface area contributed by atoms with Crippen LogP contribution in [0.15, 0.2) is 40.8 Å². The van der Waals surface area contributed by atoms with Gasteiger partial charge in [0.15, 0.2) is 0 Å². The van der Waals surface area contributed by atoms with Gasteiger partial charge in [0.2, 0.25) is 0 Å². The lowest BCUT2D eigenvalue weighted by Crippen LogP contribution is -2.45. The Hall–Kier alpha value is -2.01. The second kappa shape index (κ2) is 9.97. The molecule has 0 spiro atoms. The average Bonchev–Trinajstić information content (AvgIpc) is 3.06. The molecule has 0 amide bonds. The smallest absolute Gasteiger partial charge is 0.406 e. The van der Waals surface area contributed by atoms with Gasteiger partial charge in [-0.1, -0.05) is 12.1 Å². The molecule has 3 rings (SSSR count). The minimum absolute atomic E-state index is 0. The molecule has 156 valence electrons. The van der Waals surface area contributed by atoms with Crippen LogP contribution in [0.1, 0.15) is 17.4 Å². The van der Waals surface area contributed by atoms with Crippen LogP contribution in [-0.4, -0.2) is 42.4 Å². The highest BCUT2D eigenvalue weighted by Gasteiger charge is 2.32. The summed E-state index contributed by atoms with van der Waals surface area (Å²) in [5.41, 5.74) is 0.658. The van der Waals surface area contributed by atoms with Crippen molar-refractivity contribution in [3.05, 3.63) is 57.8 Å². The molecule has 1 atom stereocenters. The van der Waals surface area contributed by atoms with Crippen molar-refractivity contribution >= 4 is 30.7 Å². The minimum atomic E-state index is -4.76. The molecule has 28 heavy (non-hydrogen) atoms. The molecule has 0 saturated carbocycles. The van der Waals surface area contributed by atoms with Crippen LogP contribution in [0.25, 0.3) is 0 Å². The molecule has 1 N–H and O–H groups in total. The number of ether oxygens (including phenoxy) is 1. The zero-order chi connectivity index (χ0) is 18.7. The predicted octanol–water partition coefficient (Wildman–Crippen LogP) is 3.92. The highest BCUT2D eigenvalue weighted by atomic mass is 35.5. The van der Waals surface area contributed by atoms with Crippen molar-refractivity contribution in [2.75, 3.05) is 26.2 Å². The van der Waals surface area contributed by atoms with Crippen molar-refractivity contribution in [3.63, 3.8) is 0 Å². The van der Waals surface area contributed by atoms with Crippen LogP contribution >= 0.6 is 24.8 Å². The van der Waals surface area contributed by atoms with Crippen LogP contribution in [0.5, 0.6) is 5.75 Å². The van der Waals surface area contributed by atoms with E-state index < -0.39 is 17.3 Å². The number of hydrogen-bond donors (Lipinski definition) is 1. The third kappa shape index (κ3) is 5.99. The Labute approximate surface area is 170 Å². The Morgan fingerprint density at radius 1 is 1.11 bits per heavy atom. The fourth-order valence-corrected chi connectivity index (χ4v) is 2.93. The summed E-state index contributed by atoms with van der Waals surface area (Å²) in [5.74, 6) is -0.342. The number of rotatable bonds is 5. The largest absolute Gasteiger partial charge is 0.573 e. The van der Waals surface area contributed by atoms with E-state index in [-0.39, 0.29) is 36.4 Å². The number of piperazine rings is 1. The molecule has 2 aromatic rings. The molecule has 1 fully saturated rings. The third-order valence-electron chi connectivity index (χ3n) is 4.01. The Morgan fingerprint density at radius 2 is 1.71 bits per heavy atom. The first-order valence-electron chi connectivity index (χ1n) is 7.88. The van der Waals surface area contributed by atoms with Gasteiger partial charge in [0.05, 0.1) is 12.1 Å². The molecule has 2 heterocycles. The zero-order valence-electron chi connectivity index (χ0n) is 14.3. The molecule has 7 nitrogen and oxygen atoms in total. The first kappa shape index (κ1) is 24.0. The number of hydrogen-bond acceptors (Lipinski definition) is 6. The maximum Gasteiger partial charge on any atom is 0.573 e. The van der Waals surface area contributed by atoms with Crippen LogP contribution < -0.4 is 10.1 Å². The lowest BCUT2D eigenvalue weighted by atomic mass is 10.0. The molecule has 0 unspecified atom stereocenters. The number of nitrogens with zero attached hydrogens (tertiary/aromatic N) is 2. The summed E-state index contributed by atoms with van der Waals surface area (Å²) >= 11 is 0. The van der Waals surface area contributed by atoms with E-state index >= 15 is 0 Å². The van der Waals surface area contributed by atoms with Gasteiger partial charge in [0, 0.05) is 26.2 Å². The fraction of sp³-hybridized carbons (Fsp3) is 0.375. The van der Waals surface area contributed by atoms with E-state index in [1.807, 2.05) is 0 Å². The summed E-state index contributed by atoms with van der Waals surface area (Å²) in [6.07, 6.45) is -4.76. The van der Waals surface area contributed by atoms with Gasteiger partial charge in [-0.3, -0.25) is 15.0 Å². The van der Waals surface area contributed by atoms with Crippen molar-refractivity contribution in [1.82, 2.24) is 10.2 Å².